The molecule has 0 fully saturated rings. The van der Waals surface area contributed by atoms with E-state index in [0.29, 0.717) is 5.82 Å². The number of nitrogens with zero attached hydrogens (tertiary/aromatic N) is 5. The first-order valence-corrected chi connectivity index (χ1v) is 21.4. The lowest BCUT2D eigenvalue weighted by Gasteiger charge is -2.20. The van der Waals surface area contributed by atoms with Gasteiger partial charge in [0.1, 0.15) is 11.2 Å². The Morgan fingerprint density at radius 2 is 1.03 bits per heavy atom. The summed E-state index contributed by atoms with van der Waals surface area (Å²) in [5.74, 6) is 0.867. The Morgan fingerprint density at radius 3 is 1.68 bits per heavy atom. The average molecular weight is 808 g/mol. The summed E-state index contributed by atoms with van der Waals surface area (Å²) in [5.41, 5.74) is 16.8. The zero-order chi connectivity index (χ0) is 41.4. The van der Waals surface area contributed by atoms with E-state index in [1.54, 1.807) is 12.4 Å². The van der Waals surface area contributed by atoms with Crippen molar-refractivity contribution in [2.24, 2.45) is 0 Å². The van der Waals surface area contributed by atoms with Crippen molar-refractivity contribution in [3.05, 3.63) is 218 Å². The number of rotatable bonds is 6. The molecule has 0 amide bonds. The molecule has 1 aliphatic carbocycles. The Balaban J connectivity index is 0.862. The molecule has 296 valence electrons. The van der Waals surface area contributed by atoms with Crippen molar-refractivity contribution in [2.75, 3.05) is 0 Å². The van der Waals surface area contributed by atoms with Gasteiger partial charge in [-0.05, 0) is 125 Å². The van der Waals surface area contributed by atoms with Crippen LogP contribution in [0.5, 0.6) is 0 Å². The predicted octanol–water partition coefficient (Wildman–Crippen LogP) is 14.2. The fraction of sp³-hybridized carbons (Fsp3) is 0.0351. The van der Waals surface area contributed by atoms with E-state index in [1.807, 2.05) is 18.5 Å². The van der Waals surface area contributed by atoms with Crippen molar-refractivity contribution in [3.8, 4) is 45.0 Å². The maximum absolute atomic E-state index is 6.45. The van der Waals surface area contributed by atoms with E-state index < -0.39 is 0 Å². The Hall–Kier alpha value is -8.35. The summed E-state index contributed by atoms with van der Waals surface area (Å²) in [5, 5.41) is 5.99. The van der Waals surface area contributed by atoms with Crippen molar-refractivity contribution in [1.29, 1.82) is 0 Å². The molecule has 0 saturated heterocycles. The summed E-state index contributed by atoms with van der Waals surface area (Å²) in [4.78, 5) is 13.5. The summed E-state index contributed by atoms with van der Waals surface area (Å²) in [6.45, 7) is 0. The molecule has 0 N–H and O–H groups in total. The highest BCUT2D eigenvalue weighted by molar-refractivity contribution is 6.10. The third-order valence-corrected chi connectivity index (χ3v) is 12.9. The second-order valence-electron chi connectivity index (χ2n) is 16.5. The van der Waals surface area contributed by atoms with Gasteiger partial charge in [-0.15, -0.1) is 0 Å². The summed E-state index contributed by atoms with van der Waals surface area (Å²) in [6, 6.07) is 61.0. The first kappa shape index (κ1) is 35.4. The van der Waals surface area contributed by atoms with E-state index in [1.165, 1.54) is 44.0 Å². The number of pyridine rings is 1. The van der Waals surface area contributed by atoms with Crippen LogP contribution in [0.15, 0.2) is 205 Å². The van der Waals surface area contributed by atoms with Gasteiger partial charge in [0.05, 0.1) is 16.6 Å². The van der Waals surface area contributed by atoms with Crippen LogP contribution in [0.1, 0.15) is 22.7 Å². The normalized spacial score (nSPS) is 13.7. The van der Waals surface area contributed by atoms with Crippen molar-refractivity contribution in [2.45, 2.75) is 12.3 Å². The lowest BCUT2D eigenvalue weighted by atomic mass is 9.87. The highest BCUT2D eigenvalue weighted by Gasteiger charge is 2.24. The third kappa shape index (κ3) is 5.76. The molecule has 1 aliphatic rings. The Labute approximate surface area is 362 Å². The van der Waals surface area contributed by atoms with Gasteiger partial charge in [-0.3, -0.25) is 4.98 Å². The van der Waals surface area contributed by atoms with Gasteiger partial charge >= 0.3 is 0 Å². The minimum atomic E-state index is 0.181. The predicted molar refractivity (Wildman–Crippen MR) is 257 cm³/mol. The SMILES string of the molecule is C1=CC(c2cncc(-c3ncccn3)c2)Cc2c1n(-c1cccc(-c3ccc4oc5ccc(-c6cccc(-n7c8ccccc8c8ccccc87)c6)cc5c4c3)c1)c1ccccc21. The highest BCUT2D eigenvalue weighted by atomic mass is 16.3. The van der Waals surface area contributed by atoms with Crippen LogP contribution in [-0.4, -0.2) is 24.1 Å². The second kappa shape index (κ2) is 14.1. The average Bonchev–Trinajstić information content (AvgIpc) is 4.01. The number of hydrogen-bond donors (Lipinski definition) is 0. The van der Waals surface area contributed by atoms with Crippen LogP contribution in [0.4, 0.5) is 0 Å². The Morgan fingerprint density at radius 1 is 0.460 bits per heavy atom. The second-order valence-corrected chi connectivity index (χ2v) is 16.5. The first-order chi connectivity index (χ1) is 31.2. The summed E-state index contributed by atoms with van der Waals surface area (Å²) in [6.07, 6.45) is 12.8. The van der Waals surface area contributed by atoms with E-state index in [-0.39, 0.29) is 5.92 Å². The molecule has 63 heavy (non-hydrogen) atoms. The molecule has 13 rings (SSSR count). The topological polar surface area (TPSA) is 61.7 Å². The zero-order valence-electron chi connectivity index (χ0n) is 34.1. The Bertz CT molecular complexity index is 3740. The number of furan rings is 1. The molecular weight excluding hydrogens is 771 g/mol. The van der Waals surface area contributed by atoms with Gasteiger partial charge in [-0.2, -0.15) is 0 Å². The maximum Gasteiger partial charge on any atom is 0.160 e. The van der Waals surface area contributed by atoms with Gasteiger partial charge in [0.15, 0.2) is 5.82 Å². The lowest BCUT2D eigenvalue weighted by Crippen LogP contribution is -2.08. The van der Waals surface area contributed by atoms with E-state index in [0.717, 1.165) is 73.1 Å². The molecule has 7 aromatic carbocycles. The van der Waals surface area contributed by atoms with Crippen molar-refractivity contribution in [3.63, 3.8) is 0 Å². The summed E-state index contributed by atoms with van der Waals surface area (Å²) >= 11 is 0. The molecule has 1 unspecified atom stereocenters. The first-order valence-electron chi connectivity index (χ1n) is 21.4. The van der Waals surface area contributed by atoms with Crippen LogP contribution in [0.25, 0.3) is 106 Å². The van der Waals surface area contributed by atoms with Gasteiger partial charge in [-0.1, -0.05) is 97.1 Å². The van der Waals surface area contributed by atoms with Crippen LogP contribution in [0.2, 0.25) is 0 Å². The van der Waals surface area contributed by atoms with Gasteiger partial charge in [0.25, 0.3) is 0 Å². The van der Waals surface area contributed by atoms with Gasteiger partial charge in [-0.25, -0.2) is 9.97 Å². The molecule has 5 aromatic heterocycles. The van der Waals surface area contributed by atoms with E-state index in [4.69, 9.17) is 4.42 Å². The number of aromatic nitrogens is 5. The van der Waals surface area contributed by atoms with Gasteiger partial charge in [0.2, 0.25) is 0 Å². The lowest BCUT2D eigenvalue weighted by molar-refractivity contribution is 0.669. The van der Waals surface area contributed by atoms with E-state index in [9.17, 15) is 0 Å². The minimum absolute atomic E-state index is 0.181. The smallest absolute Gasteiger partial charge is 0.160 e. The fourth-order valence-corrected chi connectivity index (χ4v) is 9.94. The van der Waals surface area contributed by atoms with Crippen LogP contribution in [0, 0.1) is 0 Å². The maximum atomic E-state index is 6.45. The largest absolute Gasteiger partial charge is 0.456 e. The molecular formula is C57H37N5O. The van der Waals surface area contributed by atoms with Gasteiger partial charge in [0, 0.05) is 80.3 Å². The summed E-state index contributed by atoms with van der Waals surface area (Å²) < 4.78 is 11.2. The van der Waals surface area contributed by atoms with Crippen molar-refractivity contribution >= 4 is 60.7 Å². The number of hydrogen-bond acceptors (Lipinski definition) is 4. The van der Waals surface area contributed by atoms with Crippen molar-refractivity contribution < 1.29 is 4.42 Å². The molecule has 6 nitrogen and oxygen atoms in total. The number of benzene rings is 7. The molecule has 0 spiro atoms. The van der Waals surface area contributed by atoms with Crippen molar-refractivity contribution in [1.82, 2.24) is 24.1 Å². The fourth-order valence-electron chi connectivity index (χ4n) is 9.94. The van der Waals surface area contributed by atoms with Crippen LogP contribution < -0.4 is 0 Å². The minimum Gasteiger partial charge on any atom is -0.456 e. The molecule has 0 saturated carbocycles. The number of para-hydroxylation sites is 3. The van der Waals surface area contributed by atoms with Crippen LogP contribution in [-0.2, 0) is 6.42 Å². The zero-order valence-corrected chi connectivity index (χ0v) is 34.1. The van der Waals surface area contributed by atoms with Crippen LogP contribution in [0.3, 0.4) is 0 Å². The Kier molecular flexibility index (Phi) is 7.93. The standard InChI is InChI=1S/C57H37N5O/c1-4-17-51-45(14-1)46-15-2-5-18-52(46)61(51)43-12-7-10-36(29-43)38-21-24-55-49(32-38)50-33-39(22-25-56(50)63-55)37-11-8-13-44(30-37)62-53-19-6-3-16-47(53)48-31-40(20-23-54(48)62)41-28-42(35-58-34-41)57-59-26-9-27-60-57/h1-30,32-35,40H,31H2. The highest BCUT2D eigenvalue weighted by Crippen LogP contribution is 2.41. The van der Waals surface area contributed by atoms with E-state index >= 15 is 0 Å². The molecule has 0 bridgehead atoms. The quantitative estimate of drug-likeness (QED) is 0.168. The number of allylic oxidation sites excluding steroid dienone is 1. The monoisotopic (exact) mass is 807 g/mol. The third-order valence-electron chi connectivity index (χ3n) is 12.9. The van der Waals surface area contributed by atoms with Crippen LogP contribution >= 0.6 is 0 Å². The molecule has 12 aromatic rings. The summed E-state index contributed by atoms with van der Waals surface area (Å²) in [7, 11) is 0. The molecule has 5 heterocycles. The molecule has 6 heteroatoms. The van der Waals surface area contributed by atoms with Gasteiger partial charge < -0.3 is 13.6 Å². The molecule has 0 aliphatic heterocycles. The van der Waals surface area contributed by atoms with E-state index in [2.05, 4.69) is 200 Å². The molecule has 1 atom stereocenters. The molecule has 0 radical (unpaired) electrons. The number of fused-ring (bicyclic) bond motifs is 9.